The van der Waals surface area contributed by atoms with Gasteiger partial charge in [0.25, 0.3) is 0 Å². The molecule has 0 bridgehead atoms. The number of aliphatic imine (C=N–C) groups is 1. The molecule has 0 aromatic carbocycles. The van der Waals surface area contributed by atoms with E-state index in [1.807, 2.05) is 6.20 Å². The van der Waals surface area contributed by atoms with Crippen LogP contribution in [0.2, 0.25) is 0 Å². The lowest BCUT2D eigenvalue weighted by Crippen LogP contribution is -2.38. The molecule has 0 spiro atoms. The van der Waals surface area contributed by atoms with Crippen LogP contribution in [0.1, 0.15) is 36.3 Å². The van der Waals surface area contributed by atoms with Gasteiger partial charge in [-0.05, 0) is 25.0 Å². The first-order valence-electron chi connectivity index (χ1n) is 8.52. The highest BCUT2D eigenvalue weighted by Crippen LogP contribution is 2.17. The topological polar surface area (TPSA) is 45.5 Å². The third-order valence-electron chi connectivity index (χ3n) is 3.72. The van der Waals surface area contributed by atoms with E-state index < -0.39 is 0 Å². The van der Waals surface area contributed by atoms with Gasteiger partial charge in [0.2, 0.25) is 0 Å². The average molecular weight is 475 g/mol. The van der Waals surface area contributed by atoms with E-state index in [4.69, 9.17) is 4.99 Å². The SMILES string of the molecule is CCNC(=NCc1cnc(CC(C)C)s1)N(C)Cc1cccn1C.I. The van der Waals surface area contributed by atoms with Crippen molar-refractivity contribution in [3.63, 3.8) is 0 Å². The smallest absolute Gasteiger partial charge is 0.194 e. The largest absolute Gasteiger partial charge is 0.357 e. The summed E-state index contributed by atoms with van der Waals surface area (Å²) < 4.78 is 2.14. The molecule has 0 aliphatic rings. The van der Waals surface area contributed by atoms with Gasteiger partial charge in [0, 0.05) is 50.0 Å². The minimum atomic E-state index is 0. The van der Waals surface area contributed by atoms with Crippen molar-refractivity contribution in [1.29, 1.82) is 0 Å². The Morgan fingerprint density at radius 1 is 1.44 bits per heavy atom. The van der Waals surface area contributed by atoms with E-state index in [0.717, 1.165) is 25.5 Å². The number of aryl methyl sites for hydroxylation is 1. The minimum Gasteiger partial charge on any atom is -0.357 e. The van der Waals surface area contributed by atoms with Crippen LogP contribution in [0.15, 0.2) is 29.5 Å². The molecule has 0 atom stereocenters. The number of hydrogen-bond donors (Lipinski definition) is 1. The second kappa shape index (κ2) is 10.8. The molecule has 2 aromatic rings. The lowest BCUT2D eigenvalue weighted by Gasteiger charge is -2.22. The summed E-state index contributed by atoms with van der Waals surface area (Å²) in [7, 11) is 4.15. The second-order valence-electron chi connectivity index (χ2n) is 6.45. The summed E-state index contributed by atoms with van der Waals surface area (Å²) in [5, 5.41) is 4.58. The average Bonchev–Trinajstić information content (AvgIpc) is 3.12. The van der Waals surface area contributed by atoms with Crippen molar-refractivity contribution in [2.24, 2.45) is 18.0 Å². The Kier molecular flexibility index (Phi) is 9.48. The molecule has 1 N–H and O–H groups in total. The number of guanidine groups is 1. The molecule has 7 heteroatoms. The van der Waals surface area contributed by atoms with Gasteiger partial charge in [0.1, 0.15) is 0 Å². The molecule has 0 aliphatic heterocycles. The molecule has 0 radical (unpaired) electrons. The third kappa shape index (κ3) is 6.97. The molecule has 0 saturated heterocycles. The summed E-state index contributed by atoms with van der Waals surface area (Å²) in [5.41, 5.74) is 1.26. The van der Waals surface area contributed by atoms with Gasteiger partial charge in [0.05, 0.1) is 18.1 Å². The molecule has 0 fully saturated rings. The first kappa shape index (κ1) is 22.0. The molecule has 0 saturated carbocycles. The van der Waals surface area contributed by atoms with Crippen LogP contribution in [0.4, 0.5) is 0 Å². The zero-order valence-corrected chi connectivity index (χ0v) is 19.0. The van der Waals surface area contributed by atoms with Gasteiger partial charge in [-0.1, -0.05) is 13.8 Å². The van der Waals surface area contributed by atoms with E-state index in [0.29, 0.717) is 12.5 Å². The highest BCUT2D eigenvalue weighted by atomic mass is 127. The molecular formula is C18H30IN5S. The van der Waals surface area contributed by atoms with Crippen LogP contribution >= 0.6 is 35.3 Å². The van der Waals surface area contributed by atoms with Crippen LogP contribution in [0, 0.1) is 5.92 Å². The minimum absolute atomic E-state index is 0. The van der Waals surface area contributed by atoms with Gasteiger partial charge >= 0.3 is 0 Å². The predicted octanol–water partition coefficient (Wildman–Crippen LogP) is 3.90. The first-order chi connectivity index (χ1) is 11.5. The number of rotatable bonds is 7. The summed E-state index contributed by atoms with van der Waals surface area (Å²) in [5.74, 6) is 1.57. The molecule has 2 rings (SSSR count). The van der Waals surface area contributed by atoms with Crippen LogP contribution in [-0.2, 0) is 26.6 Å². The highest BCUT2D eigenvalue weighted by molar-refractivity contribution is 14.0. The lowest BCUT2D eigenvalue weighted by molar-refractivity contribution is 0.462. The van der Waals surface area contributed by atoms with Crippen molar-refractivity contribution >= 4 is 41.3 Å². The van der Waals surface area contributed by atoms with E-state index in [2.05, 4.69) is 73.0 Å². The van der Waals surface area contributed by atoms with Crippen LogP contribution in [0.25, 0.3) is 0 Å². The quantitative estimate of drug-likeness (QED) is 0.376. The van der Waals surface area contributed by atoms with Crippen molar-refractivity contribution in [3.05, 3.63) is 40.1 Å². The lowest BCUT2D eigenvalue weighted by atomic mass is 10.1. The number of halogens is 1. The molecule has 140 valence electrons. The second-order valence-corrected chi connectivity index (χ2v) is 7.65. The van der Waals surface area contributed by atoms with Crippen LogP contribution in [0.5, 0.6) is 0 Å². The Labute approximate surface area is 172 Å². The standard InChI is InChI=1S/C18H29N5S.HI/c1-6-19-18(23(5)13-15-8-7-9-22(15)4)21-12-16-11-20-17(24-16)10-14(2)3;/h7-9,11,14H,6,10,12-13H2,1-5H3,(H,19,21);1H. The van der Waals surface area contributed by atoms with Gasteiger partial charge < -0.3 is 14.8 Å². The number of thiazole rings is 1. The van der Waals surface area contributed by atoms with E-state index in [-0.39, 0.29) is 24.0 Å². The Bertz CT molecular complexity index is 662. The van der Waals surface area contributed by atoms with Crippen molar-refractivity contribution < 1.29 is 0 Å². The number of nitrogens with one attached hydrogen (secondary N) is 1. The first-order valence-corrected chi connectivity index (χ1v) is 9.34. The highest BCUT2D eigenvalue weighted by Gasteiger charge is 2.09. The van der Waals surface area contributed by atoms with Crippen LogP contribution in [-0.4, -0.2) is 34.0 Å². The maximum atomic E-state index is 4.78. The molecule has 0 amide bonds. The fraction of sp³-hybridized carbons (Fsp3) is 0.556. The summed E-state index contributed by atoms with van der Waals surface area (Å²) in [6, 6.07) is 4.21. The zero-order chi connectivity index (χ0) is 17.5. The molecule has 0 unspecified atom stereocenters. The predicted molar refractivity (Wildman–Crippen MR) is 118 cm³/mol. The van der Waals surface area contributed by atoms with Crippen molar-refractivity contribution in [1.82, 2.24) is 19.8 Å². The van der Waals surface area contributed by atoms with Gasteiger partial charge in [-0.25, -0.2) is 9.98 Å². The summed E-state index contributed by atoms with van der Waals surface area (Å²) in [6.07, 6.45) is 5.08. The van der Waals surface area contributed by atoms with Crippen molar-refractivity contribution in [3.8, 4) is 0 Å². The Morgan fingerprint density at radius 3 is 2.80 bits per heavy atom. The van der Waals surface area contributed by atoms with E-state index in [9.17, 15) is 0 Å². The Morgan fingerprint density at radius 2 is 2.20 bits per heavy atom. The monoisotopic (exact) mass is 475 g/mol. The molecule has 2 aromatic heterocycles. The Hall–Kier alpha value is -1.09. The maximum Gasteiger partial charge on any atom is 0.194 e. The number of hydrogen-bond acceptors (Lipinski definition) is 3. The number of nitrogens with zero attached hydrogens (tertiary/aromatic N) is 4. The van der Waals surface area contributed by atoms with E-state index >= 15 is 0 Å². The van der Waals surface area contributed by atoms with Gasteiger partial charge in [-0.2, -0.15) is 0 Å². The van der Waals surface area contributed by atoms with Gasteiger partial charge in [0.15, 0.2) is 5.96 Å². The van der Waals surface area contributed by atoms with E-state index in [1.54, 1.807) is 11.3 Å². The summed E-state index contributed by atoms with van der Waals surface area (Å²) in [4.78, 5) is 12.7. The third-order valence-corrected chi connectivity index (χ3v) is 4.72. The molecule has 25 heavy (non-hydrogen) atoms. The van der Waals surface area contributed by atoms with Crippen LogP contribution < -0.4 is 5.32 Å². The number of aromatic nitrogens is 2. The molecule has 5 nitrogen and oxygen atoms in total. The van der Waals surface area contributed by atoms with Gasteiger partial charge in [-0.15, -0.1) is 35.3 Å². The summed E-state index contributed by atoms with van der Waals surface area (Å²) >= 11 is 1.77. The molecular weight excluding hydrogens is 445 g/mol. The summed E-state index contributed by atoms with van der Waals surface area (Å²) in [6.45, 7) is 8.91. The zero-order valence-electron chi connectivity index (χ0n) is 15.8. The maximum absolute atomic E-state index is 4.78. The fourth-order valence-electron chi connectivity index (χ4n) is 2.47. The fourth-order valence-corrected chi connectivity index (χ4v) is 3.53. The van der Waals surface area contributed by atoms with Crippen LogP contribution in [0.3, 0.4) is 0 Å². The Balaban J connectivity index is 0.00000312. The normalized spacial score (nSPS) is 11.5. The molecule has 0 aliphatic carbocycles. The van der Waals surface area contributed by atoms with Gasteiger partial charge in [-0.3, -0.25) is 0 Å². The van der Waals surface area contributed by atoms with E-state index in [1.165, 1.54) is 15.6 Å². The molecule has 2 heterocycles. The van der Waals surface area contributed by atoms with Crippen molar-refractivity contribution in [2.75, 3.05) is 13.6 Å². The van der Waals surface area contributed by atoms with Crippen molar-refractivity contribution in [2.45, 2.75) is 40.3 Å².